The summed E-state index contributed by atoms with van der Waals surface area (Å²) in [7, 11) is 2.97. The van der Waals surface area contributed by atoms with Gasteiger partial charge in [0.2, 0.25) is 11.8 Å². The Morgan fingerprint density at radius 2 is 1.74 bits per heavy atom. The van der Waals surface area contributed by atoms with Gasteiger partial charge in [-0.25, -0.2) is 4.90 Å². The Balaban J connectivity index is 1.84. The van der Waals surface area contributed by atoms with E-state index in [1.165, 1.54) is 32.0 Å². The van der Waals surface area contributed by atoms with Gasteiger partial charge in [-0.05, 0) is 48.8 Å². The molecule has 2 aromatic carbocycles. The van der Waals surface area contributed by atoms with E-state index in [4.69, 9.17) is 9.47 Å². The fraction of sp³-hybridized carbons (Fsp3) is 0.375. The summed E-state index contributed by atoms with van der Waals surface area (Å²) in [4.78, 5) is 41.1. The number of carbonyl (C=O) groups is 3. The Hall–Kier alpha value is -3.24. The summed E-state index contributed by atoms with van der Waals surface area (Å²) in [5.74, 6) is -3.15. The highest BCUT2D eigenvalue weighted by atomic mass is 32.2. The molecule has 2 aliphatic rings. The van der Waals surface area contributed by atoms with Crippen LogP contribution in [0.5, 0.6) is 17.2 Å². The molecule has 0 aliphatic carbocycles. The number of aliphatic carboxylic acids is 1. The number of fused-ring (bicyclic) bond motifs is 1. The monoisotopic (exact) mass is 486 g/mol. The molecule has 2 aliphatic heterocycles. The Labute approximate surface area is 201 Å². The molecule has 2 heterocycles. The second-order valence-corrected chi connectivity index (χ2v) is 9.27. The normalized spacial score (nSPS) is 26.0. The molecule has 0 saturated carbocycles. The van der Waals surface area contributed by atoms with Gasteiger partial charge >= 0.3 is 5.97 Å². The highest BCUT2D eigenvalue weighted by Crippen LogP contribution is 2.52. The van der Waals surface area contributed by atoms with Crippen molar-refractivity contribution in [3.8, 4) is 17.2 Å². The number of ether oxygens (including phenoxy) is 2. The molecule has 0 unspecified atom stereocenters. The molecule has 4 atom stereocenters. The van der Waals surface area contributed by atoms with E-state index in [1.54, 1.807) is 36.4 Å². The largest absolute Gasteiger partial charge is 0.507 e. The van der Waals surface area contributed by atoms with Gasteiger partial charge in [0, 0.05) is 17.7 Å². The first-order chi connectivity index (χ1) is 16.3. The molecule has 34 heavy (non-hydrogen) atoms. The third kappa shape index (κ3) is 3.67. The fourth-order valence-electron chi connectivity index (χ4n) is 4.97. The van der Waals surface area contributed by atoms with Crippen LogP contribution in [0.25, 0.3) is 0 Å². The van der Waals surface area contributed by atoms with Crippen molar-refractivity contribution in [2.45, 2.75) is 18.0 Å². The minimum atomic E-state index is -1.67. The zero-order valence-corrected chi connectivity index (χ0v) is 19.8. The second kappa shape index (κ2) is 9.19. The number of thioether (sulfide) groups is 1. The number of aromatic hydroxyl groups is 1. The molecule has 2 amide bonds. The number of phenols is 1. The Morgan fingerprint density at radius 3 is 2.29 bits per heavy atom. The van der Waals surface area contributed by atoms with Gasteiger partial charge in [-0.1, -0.05) is 6.07 Å². The van der Waals surface area contributed by atoms with Gasteiger partial charge in [0.05, 0.1) is 31.7 Å². The zero-order chi connectivity index (χ0) is 24.6. The number of carbonyl (C=O) groups excluding carboxylic acids is 2. The first kappa shape index (κ1) is 23.9. The van der Waals surface area contributed by atoms with Gasteiger partial charge in [0.15, 0.2) is 0 Å². The SMILES string of the molecule is COc1ccc(N2C(=O)[C@H]3[C@@H](c4ccc(OC)cc4O)N[C@@](CCSC)(C(=O)O)[C@@H]3C2=O)cc1. The lowest BCUT2D eigenvalue weighted by Crippen LogP contribution is -2.56. The average Bonchev–Trinajstić information content (AvgIpc) is 3.31. The van der Waals surface area contributed by atoms with E-state index < -0.39 is 41.2 Å². The molecule has 10 heteroatoms. The number of carboxylic acids is 1. The highest BCUT2D eigenvalue weighted by Gasteiger charge is 2.68. The maximum atomic E-state index is 13.7. The van der Waals surface area contributed by atoms with E-state index in [-0.39, 0.29) is 12.2 Å². The van der Waals surface area contributed by atoms with Gasteiger partial charge < -0.3 is 19.7 Å². The van der Waals surface area contributed by atoms with Crippen LogP contribution < -0.4 is 19.7 Å². The van der Waals surface area contributed by atoms with Crippen molar-refractivity contribution in [3.05, 3.63) is 48.0 Å². The summed E-state index contributed by atoms with van der Waals surface area (Å²) >= 11 is 1.45. The third-order valence-electron chi connectivity index (χ3n) is 6.64. The maximum absolute atomic E-state index is 13.7. The van der Waals surface area contributed by atoms with Crippen molar-refractivity contribution in [1.82, 2.24) is 5.32 Å². The Morgan fingerprint density at radius 1 is 1.09 bits per heavy atom. The molecule has 2 fully saturated rings. The van der Waals surface area contributed by atoms with Crippen molar-refractivity contribution in [2.24, 2.45) is 11.8 Å². The minimum absolute atomic E-state index is 0.132. The topological polar surface area (TPSA) is 125 Å². The van der Waals surface area contributed by atoms with Crippen LogP contribution in [-0.4, -0.2) is 59.8 Å². The van der Waals surface area contributed by atoms with E-state index in [9.17, 15) is 24.6 Å². The van der Waals surface area contributed by atoms with Crippen LogP contribution in [0.1, 0.15) is 18.0 Å². The zero-order valence-electron chi connectivity index (χ0n) is 19.0. The summed E-state index contributed by atoms with van der Waals surface area (Å²) in [5.41, 5.74) is -0.994. The third-order valence-corrected chi connectivity index (χ3v) is 7.25. The Kier molecular flexibility index (Phi) is 6.46. The molecule has 0 bridgehead atoms. The smallest absolute Gasteiger partial charge is 0.324 e. The first-order valence-corrected chi connectivity index (χ1v) is 12.1. The van der Waals surface area contributed by atoms with Gasteiger partial charge in [-0.15, -0.1) is 0 Å². The van der Waals surface area contributed by atoms with E-state index in [0.29, 0.717) is 28.5 Å². The van der Waals surface area contributed by atoms with Crippen LogP contribution in [-0.2, 0) is 14.4 Å². The number of hydrogen-bond acceptors (Lipinski definition) is 8. The van der Waals surface area contributed by atoms with Gasteiger partial charge in [0.25, 0.3) is 0 Å². The van der Waals surface area contributed by atoms with Crippen molar-refractivity contribution >= 4 is 35.2 Å². The van der Waals surface area contributed by atoms with Crippen molar-refractivity contribution in [3.63, 3.8) is 0 Å². The summed E-state index contributed by atoms with van der Waals surface area (Å²) in [6, 6.07) is 10.2. The summed E-state index contributed by atoms with van der Waals surface area (Å²) in [6.07, 6.45) is 1.98. The van der Waals surface area contributed by atoms with E-state index in [2.05, 4.69) is 5.32 Å². The number of phenolic OH excluding ortho intramolecular Hbond substituents is 1. The number of hydrogen-bond donors (Lipinski definition) is 3. The fourth-order valence-corrected chi connectivity index (χ4v) is 5.49. The predicted molar refractivity (Wildman–Crippen MR) is 126 cm³/mol. The molecule has 2 saturated heterocycles. The number of rotatable bonds is 8. The van der Waals surface area contributed by atoms with Gasteiger partial charge in [-0.2, -0.15) is 11.8 Å². The number of nitrogens with one attached hydrogen (secondary N) is 1. The van der Waals surface area contributed by atoms with Crippen LogP contribution in [0.3, 0.4) is 0 Å². The molecule has 9 nitrogen and oxygen atoms in total. The predicted octanol–water partition coefficient (Wildman–Crippen LogP) is 2.44. The molecule has 0 spiro atoms. The molecule has 0 radical (unpaired) electrons. The standard InChI is InChI=1S/C24H26N2O7S/c1-32-14-6-4-13(5-7-14)26-21(28)18-19(22(26)29)24(23(30)31,10-11-34-3)25-20(18)16-9-8-15(33-2)12-17(16)27/h4-9,12,18-20,25,27H,10-11H2,1-3H3,(H,30,31)/t18-,19+,20-,24-/m1/s1. The Bertz CT molecular complexity index is 1120. The number of benzene rings is 2. The number of methoxy groups -OCH3 is 2. The van der Waals surface area contributed by atoms with Crippen LogP contribution in [0, 0.1) is 11.8 Å². The van der Waals surface area contributed by atoms with Crippen molar-refractivity contribution in [1.29, 1.82) is 0 Å². The summed E-state index contributed by atoms with van der Waals surface area (Å²) < 4.78 is 10.3. The van der Waals surface area contributed by atoms with Crippen LogP contribution in [0.2, 0.25) is 0 Å². The lowest BCUT2D eigenvalue weighted by atomic mass is 9.78. The average molecular weight is 487 g/mol. The summed E-state index contributed by atoms with van der Waals surface area (Å²) in [5, 5.41) is 24.1. The van der Waals surface area contributed by atoms with Crippen LogP contribution in [0.15, 0.2) is 42.5 Å². The number of imide groups is 1. The van der Waals surface area contributed by atoms with E-state index in [0.717, 1.165) is 4.90 Å². The van der Waals surface area contributed by atoms with Crippen molar-refractivity contribution in [2.75, 3.05) is 31.1 Å². The van der Waals surface area contributed by atoms with Gasteiger partial charge in [0.1, 0.15) is 22.8 Å². The molecule has 0 aromatic heterocycles. The summed E-state index contributed by atoms with van der Waals surface area (Å²) in [6.45, 7) is 0. The lowest BCUT2D eigenvalue weighted by Gasteiger charge is -2.31. The highest BCUT2D eigenvalue weighted by molar-refractivity contribution is 7.98. The molecule has 4 rings (SSSR count). The second-order valence-electron chi connectivity index (χ2n) is 8.28. The van der Waals surface area contributed by atoms with Crippen molar-refractivity contribution < 1.29 is 34.1 Å². The molecule has 180 valence electrons. The molecule has 2 aromatic rings. The minimum Gasteiger partial charge on any atom is -0.507 e. The lowest BCUT2D eigenvalue weighted by molar-refractivity contribution is -0.148. The van der Waals surface area contributed by atoms with Gasteiger partial charge in [-0.3, -0.25) is 19.7 Å². The number of nitrogens with zero attached hydrogens (tertiary/aromatic N) is 1. The maximum Gasteiger partial charge on any atom is 0.324 e. The molecular formula is C24H26N2O7S. The number of amides is 2. The van der Waals surface area contributed by atoms with Crippen LogP contribution in [0.4, 0.5) is 5.69 Å². The molecular weight excluding hydrogens is 460 g/mol. The number of carboxylic acid groups (broad SMARTS) is 1. The van der Waals surface area contributed by atoms with E-state index >= 15 is 0 Å². The van der Waals surface area contributed by atoms with Crippen LogP contribution >= 0.6 is 11.8 Å². The molecule has 3 N–H and O–H groups in total. The van der Waals surface area contributed by atoms with E-state index in [1.807, 2.05) is 6.26 Å². The number of anilines is 1. The first-order valence-electron chi connectivity index (χ1n) is 10.7. The quantitative estimate of drug-likeness (QED) is 0.482.